The number of aryl methyl sites for hydroxylation is 1. The zero-order valence-corrected chi connectivity index (χ0v) is 44.2. The number of piperidine rings is 1. The summed E-state index contributed by atoms with van der Waals surface area (Å²) in [6.45, 7) is 24.5. The molecule has 6 heterocycles. The van der Waals surface area contributed by atoms with Gasteiger partial charge in [-0.1, -0.05) is 111 Å². The van der Waals surface area contributed by atoms with E-state index in [0.29, 0.717) is 47.6 Å². The molecule has 2 N–H and O–H groups in total. The molecule has 1 saturated carbocycles. The average molecular weight is 1030 g/mol. The standard InChI is InChI=1S/C62H68F3N9S/c1-7-53-49(29-30-57(68-53)74-32-31-45-13-10-15-47(52(45)38-74)41(4)67-61-69-54-18-8-9-20-56(54)75-61)50-16-11-14-46(58(50)62(63,64)65)37-44-26-24-43(25-27-44)23-22-40(3)72-33-35-73(36-34-72)55-19-12-17-51-59(70-71(6)60(51)55)48-28-21-39(2)66-42(48)5/h7-20,29-30,40,43-44,48,66H,1-2,4-5,21-28,31-38H2,3,6H3,(H,67,69). The maximum Gasteiger partial charge on any atom is 0.417 e. The molecule has 13 heteroatoms. The lowest BCUT2D eigenvalue weighted by molar-refractivity contribution is -0.137. The summed E-state index contributed by atoms with van der Waals surface area (Å²) in [5, 5.41) is 13.8. The first kappa shape index (κ1) is 50.5. The summed E-state index contributed by atoms with van der Waals surface area (Å²) in [4.78, 5) is 17.1. The third-order valence-electron chi connectivity index (χ3n) is 16.7. The minimum atomic E-state index is -4.54. The molecule has 9 nitrogen and oxygen atoms in total. The summed E-state index contributed by atoms with van der Waals surface area (Å²) in [7, 11) is 2.06. The van der Waals surface area contributed by atoms with Gasteiger partial charge in [0.05, 0.1) is 38.4 Å². The van der Waals surface area contributed by atoms with E-state index in [4.69, 9.17) is 15.1 Å². The van der Waals surface area contributed by atoms with Crippen molar-refractivity contribution in [3.05, 3.63) is 168 Å². The highest BCUT2D eigenvalue weighted by Gasteiger charge is 2.38. The van der Waals surface area contributed by atoms with Crippen molar-refractivity contribution in [2.45, 2.75) is 95.8 Å². The lowest BCUT2D eigenvalue weighted by Gasteiger charge is -2.40. The molecule has 3 aliphatic heterocycles. The van der Waals surface area contributed by atoms with Crippen molar-refractivity contribution in [1.29, 1.82) is 0 Å². The van der Waals surface area contributed by atoms with Gasteiger partial charge >= 0.3 is 6.18 Å². The van der Waals surface area contributed by atoms with Crippen LogP contribution in [0.1, 0.15) is 103 Å². The van der Waals surface area contributed by atoms with Gasteiger partial charge in [-0.3, -0.25) is 9.58 Å². The van der Waals surface area contributed by atoms with Gasteiger partial charge in [0, 0.05) is 91.9 Å². The molecule has 0 amide bonds. The molecule has 3 fully saturated rings. The van der Waals surface area contributed by atoms with E-state index in [1.165, 1.54) is 22.2 Å². The number of thiazole rings is 1. The summed E-state index contributed by atoms with van der Waals surface area (Å²) < 4.78 is 49.3. The Bertz CT molecular complexity index is 3270. The summed E-state index contributed by atoms with van der Waals surface area (Å²) in [5.41, 5.74) is 11.5. The first-order valence-corrected chi connectivity index (χ1v) is 27.7. The smallest absolute Gasteiger partial charge is 0.367 e. The molecule has 2 unspecified atom stereocenters. The van der Waals surface area contributed by atoms with Gasteiger partial charge in [-0.05, 0) is 129 Å². The zero-order chi connectivity index (χ0) is 52.0. The highest BCUT2D eigenvalue weighted by atomic mass is 32.1. The second-order valence-electron chi connectivity index (χ2n) is 21.4. The van der Waals surface area contributed by atoms with E-state index in [-0.39, 0.29) is 17.4 Å². The quantitative estimate of drug-likeness (QED) is 0.112. The highest BCUT2D eigenvalue weighted by molar-refractivity contribution is 7.22. The van der Waals surface area contributed by atoms with E-state index >= 15 is 13.2 Å². The fourth-order valence-corrected chi connectivity index (χ4v) is 13.6. The second kappa shape index (κ2) is 21.1. The van der Waals surface area contributed by atoms with Crippen LogP contribution in [0.15, 0.2) is 129 Å². The van der Waals surface area contributed by atoms with E-state index in [1.807, 2.05) is 24.3 Å². The number of para-hydroxylation sites is 2. The van der Waals surface area contributed by atoms with Crippen molar-refractivity contribution < 1.29 is 13.2 Å². The third kappa shape index (κ3) is 10.4. The largest absolute Gasteiger partial charge is 0.417 e. The van der Waals surface area contributed by atoms with Gasteiger partial charge in [0.15, 0.2) is 5.13 Å². The number of nitrogens with zero attached hydrogens (tertiary/aromatic N) is 7. The lowest BCUT2D eigenvalue weighted by Crippen LogP contribution is -2.49. The van der Waals surface area contributed by atoms with Crippen LogP contribution in [0.4, 0.5) is 29.8 Å². The van der Waals surface area contributed by atoms with Crippen LogP contribution >= 0.6 is 11.3 Å². The Labute approximate surface area is 443 Å². The van der Waals surface area contributed by atoms with Gasteiger partial charge in [-0.15, -0.1) is 0 Å². The van der Waals surface area contributed by atoms with Crippen LogP contribution in [0.2, 0.25) is 0 Å². The number of piperazine rings is 1. The molecule has 2 atom stereocenters. The van der Waals surface area contributed by atoms with Gasteiger partial charge in [0.2, 0.25) is 0 Å². The second-order valence-corrected chi connectivity index (χ2v) is 22.4. The molecule has 11 rings (SSSR count). The summed E-state index contributed by atoms with van der Waals surface area (Å²) >= 11 is 1.59. The Morgan fingerprint density at radius 2 is 1.61 bits per heavy atom. The fourth-order valence-electron chi connectivity index (χ4n) is 12.7. The monoisotopic (exact) mass is 1030 g/mol. The van der Waals surface area contributed by atoms with Crippen LogP contribution in [0.5, 0.6) is 0 Å². The number of pyridine rings is 1. The Morgan fingerprint density at radius 1 is 0.840 bits per heavy atom. The molecule has 0 bridgehead atoms. The minimum absolute atomic E-state index is 0.162. The molecular formula is C62H68F3N9S. The Hall–Kier alpha value is -6.70. The number of halogens is 3. The number of rotatable bonds is 14. The molecule has 388 valence electrons. The maximum absolute atomic E-state index is 15.4. The van der Waals surface area contributed by atoms with Crippen LogP contribution in [-0.4, -0.2) is 63.4 Å². The van der Waals surface area contributed by atoms with Crippen molar-refractivity contribution in [1.82, 2.24) is 30.0 Å². The number of fused-ring (bicyclic) bond motifs is 3. The third-order valence-corrected chi connectivity index (χ3v) is 17.7. The first-order chi connectivity index (χ1) is 36.3. The van der Waals surface area contributed by atoms with Crippen LogP contribution in [-0.2, 0) is 32.6 Å². The van der Waals surface area contributed by atoms with Gasteiger partial charge in [-0.2, -0.15) is 18.3 Å². The zero-order valence-electron chi connectivity index (χ0n) is 43.4. The number of alkyl halides is 3. The maximum atomic E-state index is 15.4. The van der Waals surface area contributed by atoms with Crippen molar-refractivity contribution in [2.24, 2.45) is 18.9 Å². The number of anilines is 3. The average Bonchev–Trinajstić information content (AvgIpc) is 4.01. The number of nitrogens with one attached hydrogen (secondary N) is 2. The molecule has 0 radical (unpaired) electrons. The molecule has 4 aromatic carbocycles. The predicted octanol–water partition coefficient (Wildman–Crippen LogP) is 14.4. The Morgan fingerprint density at radius 3 is 2.39 bits per heavy atom. The van der Waals surface area contributed by atoms with E-state index in [2.05, 4.69) is 113 Å². The van der Waals surface area contributed by atoms with Gasteiger partial charge in [0.1, 0.15) is 5.82 Å². The molecule has 0 spiro atoms. The normalized spacial score (nSPS) is 20.0. The van der Waals surface area contributed by atoms with E-state index in [9.17, 15) is 0 Å². The van der Waals surface area contributed by atoms with Crippen molar-refractivity contribution in [3.63, 3.8) is 0 Å². The number of benzene rings is 4. The number of hydrogen-bond acceptors (Lipinski definition) is 9. The fraction of sp³-hybridized carbons (Fsp3) is 0.371. The molecule has 2 saturated heterocycles. The predicted molar refractivity (Wildman–Crippen MR) is 304 cm³/mol. The number of hydrogen-bond donors (Lipinski definition) is 2. The molecule has 7 aromatic rings. The van der Waals surface area contributed by atoms with Crippen molar-refractivity contribution >= 4 is 60.9 Å². The molecule has 3 aromatic heterocycles. The number of aromatic nitrogens is 4. The summed E-state index contributed by atoms with van der Waals surface area (Å²) in [6.07, 6.45) is 6.44. The Kier molecular flexibility index (Phi) is 14.2. The summed E-state index contributed by atoms with van der Waals surface area (Å²) in [5.74, 6) is 1.67. The van der Waals surface area contributed by atoms with Gasteiger partial charge in [-0.25, -0.2) is 9.97 Å². The minimum Gasteiger partial charge on any atom is -0.367 e. The van der Waals surface area contributed by atoms with Crippen molar-refractivity contribution in [3.8, 4) is 11.1 Å². The summed E-state index contributed by atoms with van der Waals surface area (Å²) in [6, 6.07) is 30.2. The van der Waals surface area contributed by atoms with E-state index in [1.54, 1.807) is 41.7 Å². The lowest BCUT2D eigenvalue weighted by atomic mass is 9.76. The van der Waals surface area contributed by atoms with Crippen molar-refractivity contribution in [2.75, 3.05) is 47.8 Å². The first-order valence-electron chi connectivity index (χ1n) is 26.9. The van der Waals surface area contributed by atoms with Gasteiger partial charge in [0.25, 0.3) is 0 Å². The number of allylic oxidation sites excluding steroid dienone is 2. The molecule has 4 aliphatic rings. The SMILES string of the molecule is C=Cc1nc(N2CCc3cccc(C(=C)Nc4nc5ccccc5s4)c3C2)ccc1-c1cccc(CC2CCC(CCC(C)N3CCN(c4cccc5c(C6CCC(=C)NC6=C)nn(C)c45)CC3)CC2)c1C(F)(F)F. The highest BCUT2D eigenvalue weighted by Crippen LogP contribution is 2.44. The molecule has 75 heavy (non-hydrogen) atoms. The van der Waals surface area contributed by atoms with Crippen LogP contribution < -0.4 is 20.4 Å². The Balaban J connectivity index is 0.701. The van der Waals surface area contributed by atoms with Crippen LogP contribution in [0, 0.1) is 11.8 Å². The van der Waals surface area contributed by atoms with E-state index < -0.39 is 11.7 Å². The molecule has 1 aliphatic carbocycles. The molecular weight excluding hydrogens is 960 g/mol. The van der Waals surface area contributed by atoms with Crippen LogP contribution in [0.25, 0.3) is 44.0 Å². The van der Waals surface area contributed by atoms with Gasteiger partial charge < -0.3 is 20.4 Å². The van der Waals surface area contributed by atoms with Crippen LogP contribution in [0.3, 0.4) is 0 Å². The topological polar surface area (TPSA) is 77.4 Å². The van der Waals surface area contributed by atoms with E-state index in [0.717, 1.165) is 140 Å².